The van der Waals surface area contributed by atoms with Crippen LogP contribution in [-0.2, 0) is 23.8 Å². The molecule has 1 saturated heterocycles. The summed E-state index contributed by atoms with van der Waals surface area (Å²) in [5.74, 6) is -1.28. The Labute approximate surface area is 222 Å². The van der Waals surface area contributed by atoms with Crippen molar-refractivity contribution in [2.24, 2.45) is 11.0 Å². The average molecular weight is 517 g/mol. The van der Waals surface area contributed by atoms with Gasteiger partial charge in [0.25, 0.3) is 0 Å². The highest BCUT2D eigenvalue weighted by Gasteiger charge is 2.52. The second-order valence-corrected chi connectivity index (χ2v) is 9.15. The fourth-order valence-corrected chi connectivity index (χ4v) is 5.15. The largest absolute Gasteiger partial charge is 0.465 e. The standard InChI is InChI=1S/C29H32N4O5/c1-3-37-28(34)24-25(29(35)38-4-2)27-22(19-8-6-5-7-9-19)18-23(32-14-16-36-17-15-32)31-33(27)26(24)20-10-12-21(30)13-11-20/h5-13,18,24,26H,3-4,14-17,30H2,1-2H3. The van der Waals surface area contributed by atoms with Gasteiger partial charge in [0.1, 0.15) is 11.8 Å². The zero-order valence-corrected chi connectivity index (χ0v) is 21.6. The van der Waals surface area contributed by atoms with Gasteiger partial charge in [-0.15, -0.1) is 0 Å². The summed E-state index contributed by atoms with van der Waals surface area (Å²) >= 11 is 0. The van der Waals surface area contributed by atoms with Crippen molar-refractivity contribution in [2.75, 3.05) is 45.3 Å². The molecule has 0 aliphatic carbocycles. The molecule has 2 atom stereocenters. The summed E-state index contributed by atoms with van der Waals surface area (Å²) in [7, 11) is 0. The number of nitrogens with two attached hydrogens (primary N) is 1. The van der Waals surface area contributed by atoms with E-state index in [4.69, 9.17) is 25.0 Å². The van der Waals surface area contributed by atoms with Crippen molar-refractivity contribution >= 4 is 29.0 Å². The van der Waals surface area contributed by atoms with Gasteiger partial charge in [-0.2, -0.15) is 5.10 Å². The van der Waals surface area contributed by atoms with Crippen LogP contribution in [0.5, 0.6) is 0 Å². The first-order valence-electron chi connectivity index (χ1n) is 12.9. The molecule has 0 spiro atoms. The number of nitrogens with zero attached hydrogens (tertiary/aromatic N) is 3. The van der Waals surface area contributed by atoms with Crippen molar-refractivity contribution in [3.05, 3.63) is 83.1 Å². The van der Waals surface area contributed by atoms with E-state index in [0.29, 0.717) is 37.7 Å². The molecule has 3 aliphatic heterocycles. The van der Waals surface area contributed by atoms with Crippen LogP contribution in [0, 0.1) is 5.92 Å². The summed E-state index contributed by atoms with van der Waals surface area (Å²) in [5.41, 5.74) is 9.85. The van der Waals surface area contributed by atoms with Crippen molar-refractivity contribution < 1.29 is 23.8 Å². The molecule has 2 aromatic rings. The molecule has 3 aliphatic rings. The van der Waals surface area contributed by atoms with Gasteiger partial charge >= 0.3 is 11.9 Å². The number of carbonyl (C=O) groups is 2. The molecule has 2 N–H and O–H groups in total. The highest BCUT2D eigenvalue weighted by molar-refractivity contribution is 6.08. The lowest BCUT2D eigenvalue weighted by Crippen LogP contribution is -2.42. The number of allylic oxidation sites excluding steroid dienone is 1. The molecule has 2 aromatic carbocycles. The van der Waals surface area contributed by atoms with E-state index < -0.39 is 23.9 Å². The number of fused-ring (bicyclic) bond motifs is 1. The molecule has 9 nitrogen and oxygen atoms in total. The number of rotatable bonds is 6. The third-order valence-electron chi connectivity index (χ3n) is 6.85. The molecule has 0 saturated carbocycles. The maximum atomic E-state index is 13.6. The highest BCUT2D eigenvalue weighted by Crippen LogP contribution is 2.51. The highest BCUT2D eigenvalue weighted by atomic mass is 16.5. The predicted octanol–water partition coefficient (Wildman–Crippen LogP) is 3.36. The van der Waals surface area contributed by atoms with Gasteiger partial charge in [0.15, 0.2) is 0 Å². The number of carbonyl (C=O) groups excluding carboxylic acids is 2. The van der Waals surface area contributed by atoms with Gasteiger partial charge in [0, 0.05) is 24.4 Å². The molecule has 38 heavy (non-hydrogen) atoms. The lowest BCUT2D eigenvalue weighted by molar-refractivity contribution is -0.151. The number of anilines is 1. The van der Waals surface area contributed by atoms with E-state index in [1.54, 1.807) is 31.0 Å². The summed E-state index contributed by atoms with van der Waals surface area (Å²) in [5, 5.41) is 6.85. The number of benzene rings is 2. The van der Waals surface area contributed by atoms with Crippen LogP contribution in [0.4, 0.5) is 5.69 Å². The Kier molecular flexibility index (Phi) is 7.46. The number of nitrogen functional groups attached to an aromatic ring is 1. The van der Waals surface area contributed by atoms with Crippen LogP contribution in [-0.4, -0.2) is 67.2 Å². The molecule has 9 heteroatoms. The van der Waals surface area contributed by atoms with Crippen LogP contribution in [0.15, 0.2) is 77.0 Å². The topological polar surface area (TPSA) is 107 Å². The molecule has 3 heterocycles. The Morgan fingerprint density at radius 1 is 1.00 bits per heavy atom. The number of ether oxygens (including phenoxy) is 3. The van der Waals surface area contributed by atoms with E-state index in [0.717, 1.165) is 22.5 Å². The lowest BCUT2D eigenvalue weighted by Gasteiger charge is -2.36. The van der Waals surface area contributed by atoms with Gasteiger partial charge in [0.2, 0.25) is 0 Å². The smallest absolute Gasteiger partial charge is 0.337 e. The minimum Gasteiger partial charge on any atom is -0.465 e. The number of hydrazone groups is 1. The van der Waals surface area contributed by atoms with Crippen molar-refractivity contribution in [3.8, 4) is 0 Å². The molecule has 0 aromatic heterocycles. The molecule has 2 unspecified atom stereocenters. The van der Waals surface area contributed by atoms with Crippen LogP contribution in [0.25, 0.3) is 5.57 Å². The summed E-state index contributed by atoms with van der Waals surface area (Å²) in [6.45, 7) is 6.40. The van der Waals surface area contributed by atoms with Crippen LogP contribution in [0.1, 0.15) is 31.0 Å². The molecule has 198 valence electrons. The molecular weight excluding hydrogens is 484 g/mol. The van der Waals surface area contributed by atoms with Crippen molar-refractivity contribution in [2.45, 2.75) is 19.9 Å². The molecular formula is C29H32N4O5. The second kappa shape index (κ2) is 11.1. The number of amidine groups is 1. The Morgan fingerprint density at radius 2 is 1.68 bits per heavy atom. The van der Waals surface area contributed by atoms with Crippen molar-refractivity contribution in [1.29, 1.82) is 0 Å². The number of hydrogen-bond donors (Lipinski definition) is 1. The van der Waals surface area contributed by atoms with Crippen LogP contribution in [0.3, 0.4) is 0 Å². The number of morpholine rings is 1. The Balaban J connectivity index is 1.76. The summed E-state index contributed by atoms with van der Waals surface area (Å²) in [6, 6.07) is 16.5. The Morgan fingerprint density at radius 3 is 2.34 bits per heavy atom. The second-order valence-electron chi connectivity index (χ2n) is 9.15. The first-order chi connectivity index (χ1) is 18.5. The van der Waals surface area contributed by atoms with Gasteiger partial charge in [0.05, 0.1) is 43.7 Å². The maximum absolute atomic E-state index is 13.6. The Bertz CT molecular complexity index is 1280. The third kappa shape index (κ3) is 4.77. The fraction of sp³-hybridized carbons (Fsp3) is 0.345. The first-order valence-corrected chi connectivity index (χ1v) is 12.9. The van der Waals surface area contributed by atoms with Crippen LogP contribution in [0.2, 0.25) is 0 Å². The van der Waals surface area contributed by atoms with Gasteiger partial charge in [-0.05, 0) is 43.2 Å². The SMILES string of the molecule is CCOC(=O)C1=C2C(c3ccccc3)=CC(N3CCOCC3)=NN2C(c2ccc(N)cc2)C1C(=O)OCC. The quantitative estimate of drug-likeness (QED) is 0.460. The lowest BCUT2D eigenvalue weighted by atomic mass is 9.88. The van der Waals surface area contributed by atoms with E-state index in [1.165, 1.54) is 0 Å². The zero-order valence-electron chi connectivity index (χ0n) is 21.6. The van der Waals surface area contributed by atoms with E-state index in [2.05, 4.69) is 4.90 Å². The summed E-state index contributed by atoms with van der Waals surface area (Å²) in [4.78, 5) is 29.3. The van der Waals surface area contributed by atoms with Gasteiger partial charge in [-0.25, -0.2) is 4.79 Å². The predicted molar refractivity (Wildman–Crippen MR) is 143 cm³/mol. The molecule has 1 fully saturated rings. The number of hydrogen-bond acceptors (Lipinski definition) is 9. The first kappa shape index (κ1) is 25.5. The Hall–Kier alpha value is -4.11. The van der Waals surface area contributed by atoms with Gasteiger partial charge in [-0.3, -0.25) is 9.80 Å². The average Bonchev–Trinajstić information content (AvgIpc) is 3.30. The van der Waals surface area contributed by atoms with E-state index >= 15 is 0 Å². The minimum absolute atomic E-state index is 0.171. The normalized spacial score (nSPS) is 21.0. The van der Waals surface area contributed by atoms with E-state index in [1.807, 2.05) is 48.5 Å². The molecule has 0 amide bonds. The van der Waals surface area contributed by atoms with E-state index in [9.17, 15) is 9.59 Å². The number of esters is 2. The fourth-order valence-electron chi connectivity index (χ4n) is 5.15. The maximum Gasteiger partial charge on any atom is 0.337 e. The molecule has 0 radical (unpaired) electrons. The summed E-state index contributed by atoms with van der Waals surface area (Å²) < 4.78 is 16.6. The molecule has 0 bridgehead atoms. The van der Waals surface area contributed by atoms with Crippen LogP contribution >= 0.6 is 0 Å². The summed E-state index contributed by atoms with van der Waals surface area (Å²) in [6.07, 6.45) is 1.99. The van der Waals surface area contributed by atoms with Gasteiger partial charge < -0.3 is 24.8 Å². The third-order valence-corrected chi connectivity index (χ3v) is 6.85. The monoisotopic (exact) mass is 516 g/mol. The van der Waals surface area contributed by atoms with Crippen LogP contribution < -0.4 is 5.73 Å². The van der Waals surface area contributed by atoms with Gasteiger partial charge in [-0.1, -0.05) is 42.5 Å². The minimum atomic E-state index is -0.951. The molecule has 5 rings (SSSR count). The zero-order chi connectivity index (χ0) is 26.6. The van der Waals surface area contributed by atoms with Crippen molar-refractivity contribution in [1.82, 2.24) is 9.91 Å². The van der Waals surface area contributed by atoms with Crippen molar-refractivity contribution in [3.63, 3.8) is 0 Å². The van der Waals surface area contributed by atoms with E-state index in [-0.39, 0.29) is 18.8 Å².